The third kappa shape index (κ3) is 1.79. The van der Waals surface area contributed by atoms with E-state index in [0.717, 1.165) is 32.7 Å². The zero-order valence-corrected chi connectivity index (χ0v) is 12.0. The van der Waals surface area contributed by atoms with E-state index in [4.69, 9.17) is 16.0 Å². The van der Waals surface area contributed by atoms with Gasteiger partial charge in [0.2, 0.25) is 5.76 Å². The Bertz CT molecular complexity index is 841. The molecule has 0 atom stereocenters. The minimum absolute atomic E-state index is 0.330. The van der Waals surface area contributed by atoms with Crippen LogP contribution in [0.15, 0.2) is 40.8 Å². The van der Waals surface area contributed by atoms with Gasteiger partial charge < -0.3 is 4.42 Å². The predicted molar refractivity (Wildman–Crippen MR) is 80.8 cm³/mol. The molecular formula is C17H12ClNO. The van der Waals surface area contributed by atoms with Gasteiger partial charge in [0.25, 0.3) is 0 Å². The second kappa shape index (κ2) is 4.70. The Labute approximate surface area is 122 Å². The summed E-state index contributed by atoms with van der Waals surface area (Å²) in [5, 5.41) is 11.0. The molecule has 0 N–H and O–H groups in total. The molecule has 20 heavy (non-hydrogen) atoms. The molecule has 0 aliphatic carbocycles. The first-order chi connectivity index (χ1) is 9.63. The topological polar surface area (TPSA) is 36.9 Å². The summed E-state index contributed by atoms with van der Waals surface area (Å²) in [6.45, 7) is 3.90. The van der Waals surface area contributed by atoms with Crippen molar-refractivity contribution >= 4 is 22.6 Å². The zero-order valence-electron chi connectivity index (χ0n) is 11.2. The lowest BCUT2D eigenvalue weighted by Crippen LogP contribution is -1.85. The van der Waals surface area contributed by atoms with Crippen LogP contribution in [0.2, 0.25) is 5.02 Å². The van der Waals surface area contributed by atoms with E-state index in [1.807, 2.05) is 50.2 Å². The maximum absolute atomic E-state index is 9.33. The molecule has 2 nitrogen and oxygen atoms in total. The fourth-order valence-electron chi connectivity index (χ4n) is 2.55. The highest BCUT2D eigenvalue weighted by Crippen LogP contribution is 2.39. The number of fused-ring (bicyclic) bond motifs is 1. The first-order valence-electron chi connectivity index (χ1n) is 6.31. The Morgan fingerprint density at radius 3 is 2.50 bits per heavy atom. The summed E-state index contributed by atoms with van der Waals surface area (Å²) in [4.78, 5) is 0. The number of hydrogen-bond donors (Lipinski definition) is 0. The Kier molecular flexibility index (Phi) is 3.00. The minimum Gasteiger partial charge on any atom is -0.445 e. The average molecular weight is 282 g/mol. The minimum atomic E-state index is 0.330. The molecule has 0 aliphatic rings. The monoisotopic (exact) mass is 281 g/mol. The molecule has 0 spiro atoms. The summed E-state index contributed by atoms with van der Waals surface area (Å²) in [6, 6.07) is 13.8. The predicted octanol–water partition coefficient (Wildman–Crippen LogP) is 5.24. The van der Waals surface area contributed by atoms with Crippen molar-refractivity contribution in [2.45, 2.75) is 13.8 Å². The van der Waals surface area contributed by atoms with E-state index in [9.17, 15) is 5.26 Å². The van der Waals surface area contributed by atoms with Crippen molar-refractivity contribution in [1.82, 2.24) is 0 Å². The van der Waals surface area contributed by atoms with Crippen LogP contribution in [-0.4, -0.2) is 0 Å². The molecule has 98 valence electrons. The van der Waals surface area contributed by atoms with E-state index in [2.05, 4.69) is 6.07 Å². The number of benzene rings is 2. The van der Waals surface area contributed by atoms with Gasteiger partial charge in [-0.15, -0.1) is 0 Å². The summed E-state index contributed by atoms with van der Waals surface area (Å²) in [5.74, 6) is 0.330. The van der Waals surface area contributed by atoms with Gasteiger partial charge in [-0.2, -0.15) is 5.26 Å². The van der Waals surface area contributed by atoms with Crippen LogP contribution >= 0.6 is 11.6 Å². The third-order valence-corrected chi connectivity index (χ3v) is 4.08. The van der Waals surface area contributed by atoms with Crippen LogP contribution in [0, 0.1) is 25.2 Å². The van der Waals surface area contributed by atoms with Crippen LogP contribution in [0.3, 0.4) is 0 Å². The van der Waals surface area contributed by atoms with Crippen molar-refractivity contribution in [2.24, 2.45) is 0 Å². The lowest BCUT2D eigenvalue weighted by molar-refractivity contribution is 0.600. The van der Waals surface area contributed by atoms with Gasteiger partial charge in [0, 0.05) is 16.0 Å². The van der Waals surface area contributed by atoms with Gasteiger partial charge in [-0.3, -0.25) is 0 Å². The van der Waals surface area contributed by atoms with Crippen LogP contribution in [0.1, 0.15) is 16.9 Å². The van der Waals surface area contributed by atoms with Gasteiger partial charge in [-0.25, -0.2) is 0 Å². The molecule has 0 radical (unpaired) electrons. The van der Waals surface area contributed by atoms with Gasteiger partial charge in [0.1, 0.15) is 11.7 Å². The molecule has 3 aromatic rings. The van der Waals surface area contributed by atoms with Gasteiger partial charge in [0.05, 0.1) is 0 Å². The van der Waals surface area contributed by atoms with Gasteiger partial charge in [-0.05, 0) is 36.6 Å². The number of nitrogens with zero attached hydrogens (tertiary/aromatic N) is 1. The van der Waals surface area contributed by atoms with Crippen molar-refractivity contribution in [1.29, 1.82) is 5.26 Å². The van der Waals surface area contributed by atoms with E-state index in [1.165, 1.54) is 0 Å². The summed E-state index contributed by atoms with van der Waals surface area (Å²) in [7, 11) is 0. The van der Waals surface area contributed by atoms with E-state index >= 15 is 0 Å². The molecule has 0 saturated carbocycles. The van der Waals surface area contributed by atoms with Crippen molar-refractivity contribution in [3.8, 4) is 17.2 Å². The normalized spacial score (nSPS) is 10.7. The summed E-state index contributed by atoms with van der Waals surface area (Å²) >= 11 is 6.34. The average Bonchev–Trinajstić information content (AvgIpc) is 2.84. The Morgan fingerprint density at radius 1 is 1.15 bits per heavy atom. The highest BCUT2D eigenvalue weighted by molar-refractivity contribution is 6.33. The van der Waals surface area contributed by atoms with Crippen LogP contribution in [-0.2, 0) is 0 Å². The molecule has 0 amide bonds. The maximum atomic E-state index is 9.33. The van der Waals surface area contributed by atoms with Crippen molar-refractivity contribution in [2.75, 3.05) is 0 Å². The Balaban J connectivity index is 2.48. The molecule has 1 aromatic heterocycles. The second-order valence-corrected chi connectivity index (χ2v) is 5.17. The number of aryl methyl sites for hydroxylation is 2. The zero-order chi connectivity index (χ0) is 14.3. The summed E-state index contributed by atoms with van der Waals surface area (Å²) < 4.78 is 5.70. The molecule has 3 heteroatoms. The van der Waals surface area contributed by atoms with Gasteiger partial charge in [0.15, 0.2) is 0 Å². The van der Waals surface area contributed by atoms with Crippen molar-refractivity contribution in [3.63, 3.8) is 0 Å². The van der Waals surface area contributed by atoms with E-state index in [1.54, 1.807) is 0 Å². The quantitative estimate of drug-likeness (QED) is 0.611. The number of furan rings is 1. The van der Waals surface area contributed by atoms with E-state index in [-0.39, 0.29) is 0 Å². The number of nitriles is 1. The third-order valence-electron chi connectivity index (χ3n) is 3.50. The first-order valence-corrected chi connectivity index (χ1v) is 6.69. The molecule has 3 rings (SSSR count). The maximum Gasteiger partial charge on any atom is 0.212 e. The number of halogens is 1. The van der Waals surface area contributed by atoms with Crippen LogP contribution in [0.4, 0.5) is 0 Å². The van der Waals surface area contributed by atoms with Gasteiger partial charge in [-0.1, -0.05) is 41.9 Å². The highest BCUT2D eigenvalue weighted by Gasteiger charge is 2.19. The standard InChI is InChI=1S/C17H12ClNO/c1-10-8-13-15(11(2)17(10)18)16(14(9-19)20-13)12-6-4-3-5-7-12/h3-8H,1-2H3. The molecule has 2 aromatic carbocycles. The molecule has 0 bridgehead atoms. The fourth-order valence-corrected chi connectivity index (χ4v) is 2.70. The smallest absolute Gasteiger partial charge is 0.212 e. The van der Waals surface area contributed by atoms with Gasteiger partial charge >= 0.3 is 0 Å². The van der Waals surface area contributed by atoms with E-state index < -0.39 is 0 Å². The van der Waals surface area contributed by atoms with Crippen molar-refractivity contribution < 1.29 is 4.42 Å². The molecule has 0 fully saturated rings. The van der Waals surface area contributed by atoms with Crippen molar-refractivity contribution in [3.05, 3.63) is 58.3 Å². The lowest BCUT2D eigenvalue weighted by atomic mass is 9.98. The van der Waals surface area contributed by atoms with Crippen LogP contribution in [0.25, 0.3) is 22.1 Å². The number of hydrogen-bond acceptors (Lipinski definition) is 2. The number of rotatable bonds is 1. The molecule has 1 heterocycles. The Morgan fingerprint density at radius 2 is 1.85 bits per heavy atom. The molecule has 0 saturated heterocycles. The largest absolute Gasteiger partial charge is 0.445 e. The summed E-state index contributed by atoms with van der Waals surface area (Å²) in [6.07, 6.45) is 0. The molecular weight excluding hydrogens is 270 g/mol. The van der Waals surface area contributed by atoms with Crippen LogP contribution < -0.4 is 0 Å². The second-order valence-electron chi connectivity index (χ2n) is 4.79. The SMILES string of the molecule is Cc1cc2oc(C#N)c(-c3ccccc3)c2c(C)c1Cl. The lowest BCUT2D eigenvalue weighted by Gasteiger charge is -2.05. The Hall–Kier alpha value is -2.24. The first kappa shape index (κ1) is 12.8. The highest BCUT2D eigenvalue weighted by atomic mass is 35.5. The van der Waals surface area contributed by atoms with Crippen LogP contribution in [0.5, 0.6) is 0 Å². The molecule has 0 unspecified atom stereocenters. The molecule has 0 aliphatic heterocycles. The summed E-state index contributed by atoms with van der Waals surface area (Å²) in [5.41, 5.74) is 4.40. The van der Waals surface area contributed by atoms with E-state index in [0.29, 0.717) is 11.3 Å². The fraction of sp³-hybridized carbons (Fsp3) is 0.118.